The summed E-state index contributed by atoms with van der Waals surface area (Å²) < 4.78 is 5.42. The third kappa shape index (κ3) is 2.00. The van der Waals surface area contributed by atoms with Gasteiger partial charge in [0.05, 0.1) is 12.7 Å². The van der Waals surface area contributed by atoms with Gasteiger partial charge in [0.2, 0.25) is 5.69 Å². The highest BCUT2D eigenvalue weighted by Gasteiger charge is 2.02. The van der Waals surface area contributed by atoms with E-state index in [1.807, 2.05) is 32.0 Å². The van der Waals surface area contributed by atoms with E-state index in [0.29, 0.717) is 11.4 Å². The molecule has 0 heterocycles. The largest absolute Gasteiger partial charge is 0.502 e. The maximum absolute atomic E-state index is 6.87. The molecule has 0 spiro atoms. The average molecular weight is 161 g/mol. The van der Waals surface area contributed by atoms with Gasteiger partial charge < -0.3 is 4.74 Å². The summed E-state index contributed by atoms with van der Waals surface area (Å²) in [6, 6.07) is 7.27. The molecule has 0 amide bonds. The number of hydrogen-bond donors (Lipinski definition) is 0. The predicted octanol–water partition coefficient (Wildman–Crippen LogP) is 3.02. The number of para-hydroxylation sites is 2. The van der Waals surface area contributed by atoms with E-state index in [1.54, 1.807) is 6.07 Å². The fraction of sp³-hybridized carbons (Fsp3) is 0.300. The Kier molecular flexibility index (Phi) is 2.71. The van der Waals surface area contributed by atoms with E-state index in [2.05, 4.69) is 4.85 Å². The predicted molar refractivity (Wildman–Crippen MR) is 48.5 cm³/mol. The maximum Gasteiger partial charge on any atom is 0.228 e. The van der Waals surface area contributed by atoms with Gasteiger partial charge in [-0.1, -0.05) is 18.2 Å². The van der Waals surface area contributed by atoms with Crippen LogP contribution < -0.4 is 4.74 Å². The highest BCUT2D eigenvalue weighted by molar-refractivity contribution is 5.56. The van der Waals surface area contributed by atoms with Crippen molar-refractivity contribution in [3.63, 3.8) is 0 Å². The minimum absolute atomic E-state index is 0.118. The van der Waals surface area contributed by atoms with Gasteiger partial charge in [0.15, 0.2) is 0 Å². The summed E-state index contributed by atoms with van der Waals surface area (Å²) in [4.78, 5) is 3.35. The molecule has 0 unspecified atom stereocenters. The Hall–Kier alpha value is -1.49. The molecular formula is C10H11NO. The van der Waals surface area contributed by atoms with Gasteiger partial charge in [-0.25, -0.2) is 4.85 Å². The topological polar surface area (TPSA) is 13.6 Å². The lowest BCUT2D eigenvalue weighted by Crippen LogP contribution is -2.05. The Labute approximate surface area is 72.6 Å². The van der Waals surface area contributed by atoms with E-state index >= 15 is 0 Å². The van der Waals surface area contributed by atoms with Gasteiger partial charge in [0, 0.05) is 0 Å². The quantitative estimate of drug-likeness (QED) is 0.608. The average Bonchev–Trinajstić information content (AvgIpc) is 2.04. The van der Waals surface area contributed by atoms with Crippen molar-refractivity contribution in [1.82, 2.24) is 0 Å². The Bertz CT molecular complexity index is 299. The van der Waals surface area contributed by atoms with Crippen LogP contribution in [0, 0.1) is 6.57 Å². The molecular weight excluding hydrogens is 150 g/mol. The summed E-state index contributed by atoms with van der Waals surface area (Å²) in [5, 5.41) is 0. The van der Waals surface area contributed by atoms with Crippen LogP contribution >= 0.6 is 0 Å². The van der Waals surface area contributed by atoms with E-state index in [-0.39, 0.29) is 6.10 Å². The van der Waals surface area contributed by atoms with Crippen LogP contribution in [0.4, 0.5) is 5.69 Å². The number of rotatable bonds is 2. The van der Waals surface area contributed by atoms with Gasteiger partial charge in [-0.15, -0.1) is 0 Å². The van der Waals surface area contributed by atoms with E-state index in [4.69, 9.17) is 11.3 Å². The van der Waals surface area contributed by atoms with E-state index in [1.165, 1.54) is 0 Å². The molecule has 0 saturated carbocycles. The van der Waals surface area contributed by atoms with Crippen LogP contribution in [0.2, 0.25) is 0 Å². The highest BCUT2D eigenvalue weighted by atomic mass is 16.5. The molecule has 1 rings (SSSR count). The van der Waals surface area contributed by atoms with Gasteiger partial charge in [-0.3, -0.25) is 0 Å². The summed E-state index contributed by atoms with van der Waals surface area (Å²) in [7, 11) is 0. The summed E-state index contributed by atoms with van der Waals surface area (Å²) in [6.07, 6.45) is 0.118. The van der Waals surface area contributed by atoms with E-state index in [0.717, 1.165) is 0 Å². The summed E-state index contributed by atoms with van der Waals surface area (Å²) in [5.74, 6) is 0.669. The van der Waals surface area contributed by atoms with Crippen molar-refractivity contribution in [2.24, 2.45) is 0 Å². The first-order chi connectivity index (χ1) is 5.74. The van der Waals surface area contributed by atoms with Crippen molar-refractivity contribution < 1.29 is 4.74 Å². The SMILES string of the molecule is [C-]#[N+]c1ccccc1OC(C)C. The number of ether oxygens (including phenoxy) is 1. The van der Waals surface area contributed by atoms with Crippen molar-refractivity contribution in [2.75, 3.05) is 0 Å². The van der Waals surface area contributed by atoms with Crippen molar-refractivity contribution in [2.45, 2.75) is 20.0 Å². The van der Waals surface area contributed by atoms with Crippen LogP contribution in [0.5, 0.6) is 5.75 Å². The zero-order valence-corrected chi connectivity index (χ0v) is 7.24. The van der Waals surface area contributed by atoms with Gasteiger partial charge in [0.1, 0.15) is 5.75 Å². The number of hydrogen-bond acceptors (Lipinski definition) is 1. The molecule has 1 aromatic rings. The molecule has 2 heteroatoms. The van der Waals surface area contributed by atoms with Crippen LogP contribution in [0.25, 0.3) is 4.85 Å². The third-order valence-corrected chi connectivity index (χ3v) is 1.35. The zero-order valence-electron chi connectivity index (χ0n) is 7.24. The molecule has 0 aromatic heterocycles. The molecule has 12 heavy (non-hydrogen) atoms. The molecule has 0 bridgehead atoms. The molecule has 62 valence electrons. The van der Waals surface area contributed by atoms with E-state index < -0.39 is 0 Å². The second kappa shape index (κ2) is 3.77. The molecule has 0 aliphatic carbocycles. The molecule has 0 aliphatic heterocycles. The first-order valence-electron chi connectivity index (χ1n) is 3.87. The zero-order chi connectivity index (χ0) is 8.97. The Morgan fingerprint density at radius 3 is 2.58 bits per heavy atom. The van der Waals surface area contributed by atoms with Crippen molar-refractivity contribution >= 4 is 5.69 Å². The van der Waals surface area contributed by atoms with Crippen LogP contribution in [-0.2, 0) is 0 Å². The number of nitrogens with zero attached hydrogens (tertiary/aromatic N) is 1. The molecule has 0 aliphatic rings. The molecule has 0 N–H and O–H groups in total. The molecule has 2 nitrogen and oxygen atoms in total. The molecule has 0 atom stereocenters. The normalized spacial score (nSPS) is 9.50. The smallest absolute Gasteiger partial charge is 0.228 e. The van der Waals surface area contributed by atoms with Crippen LogP contribution in [0.3, 0.4) is 0 Å². The third-order valence-electron chi connectivity index (χ3n) is 1.35. The van der Waals surface area contributed by atoms with Gasteiger partial charge in [0.25, 0.3) is 0 Å². The second-order valence-electron chi connectivity index (χ2n) is 2.75. The van der Waals surface area contributed by atoms with Crippen LogP contribution in [-0.4, -0.2) is 6.10 Å². The van der Waals surface area contributed by atoms with Crippen LogP contribution in [0.15, 0.2) is 24.3 Å². The highest BCUT2D eigenvalue weighted by Crippen LogP contribution is 2.27. The van der Waals surface area contributed by atoms with Crippen LogP contribution in [0.1, 0.15) is 13.8 Å². The Balaban J connectivity index is 2.91. The van der Waals surface area contributed by atoms with Gasteiger partial charge >= 0.3 is 0 Å². The summed E-state index contributed by atoms with van der Waals surface area (Å²) in [6.45, 7) is 10.8. The monoisotopic (exact) mass is 161 g/mol. The maximum atomic E-state index is 6.87. The van der Waals surface area contributed by atoms with Gasteiger partial charge in [-0.2, -0.15) is 0 Å². The van der Waals surface area contributed by atoms with Gasteiger partial charge in [-0.05, 0) is 19.9 Å². The standard InChI is InChI=1S/C10H11NO/c1-8(2)12-10-7-5-4-6-9(10)11-3/h4-8H,1-2H3. The lowest BCUT2D eigenvalue weighted by Gasteiger charge is -2.10. The Morgan fingerprint density at radius 1 is 1.33 bits per heavy atom. The lowest BCUT2D eigenvalue weighted by atomic mass is 10.3. The van der Waals surface area contributed by atoms with Crippen molar-refractivity contribution in [3.05, 3.63) is 35.7 Å². The minimum Gasteiger partial charge on any atom is -0.502 e. The fourth-order valence-corrected chi connectivity index (χ4v) is 0.903. The Morgan fingerprint density at radius 2 is 2.00 bits per heavy atom. The first-order valence-corrected chi connectivity index (χ1v) is 3.87. The molecule has 0 radical (unpaired) electrons. The minimum atomic E-state index is 0.118. The molecule has 1 aromatic carbocycles. The van der Waals surface area contributed by atoms with E-state index in [9.17, 15) is 0 Å². The molecule has 0 fully saturated rings. The first kappa shape index (κ1) is 8.61. The molecule has 0 saturated heterocycles. The lowest BCUT2D eigenvalue weighted by molar-refractivity contribution is 0.244. The summed E-state index contributed by atoms with van der Waals surface area (Å²) in [5.41, 5.74) is 0.575. The summed E-state index contributed by atoms with van der Waals surface area (Å²) >= 11 is 0. The second-order valence-corrected chi connectivity index (χ2v) is 2.75. The van der Waals surface area contributed by atoms with Crippen molar-refractivity contribution in [3.8, 4) is 5.75 Å². The fourth-order valence-electron chi connectivity index (χ4n) is 0.903. The van der Waals surface area contributed by atoms with Crippen molar-refractivity contribution in [1.29, 1.82) is 0 Å². The number of benzene rings is 1.